The van der Waals surface area contributed by atoms with Crippen LogP contribution in [0.2, 0.25) is 0 Å². The molecule has 8 heteroatoms. The molecular weight excluding hydrogens is 266 g/mol. The molecule has 0 aliphatic heterocycles. The van der Waals surface area contributed by atoms with Crippen molar-refractivity contribution in [2.45, 2.75) is 11.9 Å². The molecule has 2 aromatic rings. The maximum absolute atomic E-state index is 12.4. The molecule has 2 N–H and O–H groups in total. The molecule has 0 aliphatic carbocycles. The van der Waals surface area contributed by atoms with Crippen LogP contribution in [0.25, 0.3) is 0 Å². The number of aryl methyl sites for hydroxylation is 2. The highest BCUT2D eigenvalue weighted by molar-refractivity contribution is 7.92. The minimum Gasteiger partial charge on any atom is -0.396 e. The number of pyridine rings is 1. The fourth-order valence-electron chi connectivity index (χ4n) is 1.61. The van der Waals surface area contributed by atoms with Gasteiger partial charge in [-0.15, -0.1) is 0 Å². The van der Waals surface area contributed by atoms with Crippen LogP contribution in [-0.2, 0) is 17.1 Å². The third-order valence-corrected chi connectivity index (χ3v) is 4.52. The summed E-state index contributed by atoms with van der Waals surface area (Å²) in [5.41, 5.74) is 6.40. The van der Waals surface area contributed by atoms with Gasteiger partial charge in [-0.25, -0.2) is 4.98 Å². The maximum Gasteiger partial charge on any atom is 0.283 e. The second-order valence-electron chi connectivity index (χ2n) is 4.14. The van der Waals surface area contributed by atoms with Crippen molar-refractivity contribution in [3.05, 3.63) is 30.5 Å². The molecule has 0 amide bonds. The second-order valence-corrected chi connectivity index (χ2v) is 6.06. The minimum atomic E-state index is -3.72. The number of sulfonamides is 1. The number of anilines is 2. The summed E-state index contributed by atoms with van der Waals surface area (Å²) in [6.45, 7) is 1.74. The molecule has 2 aromatic heterocycles. The lowest BCUT2D eigenvalue weighted by Crippen LogP contribution is -2.27. The molecule has 0 saturated heterocycles. The van der Waals surface area contributed by atoms with Gasteiger partial charge >= 0.3 is 0 Å². The largest absolute Gasteiger partial charge is 0.396 e. The van der Waals surface area contributed by atoms with E-state index < -0.39 is 10.0 Å². The van der Waals surface area contributed by atoms with Crippen LogP contribution in [0, 0.1) is 6.92 Å². The van der Waals surface area contributed by atoms with E-state index in [-0.39, 0.29) is 5.03 Å². The smallest absolute Gasteiger partial charge is 0.283 e. The average molecular weight is 281 g/mol. The van der Waals surface area contributed by atoms with E-state index in [0.717, 1.165) is 4.31 Å². The van der Waals surface area contributed by atoms with Crippen molar-refractivity contribution in [3.8, 4) is 0 Å². The predicted molar refractivity (Wildman–Crippen MR) is 72.2 cm³/mol. The van der Waals surface area contributed by atoms with E-state index in [2.05, 4.69) is 9.97 Å². The average Bonchev–Trinajstić information content (AvgIpc) is 2.70. The van der Waals surface area contributed by atoms with Gasteiger partial charge in [0.1, 0.15) is 5.82 Å². The number of nitrogens with zero attached hydrogens (tertiary/aromatic N) is 4. The van der Waals surface area contributed by atoms with Gasteiger partial charge in [0.05, 0.1) is 17.6 Å². The van der Waals surface area contributed by atoms with E-state index in [1.165, 1.54) is 25.6 Å². The van der Waals surface area contributed by atoms with Gasteiger partial charge in [0.25, 0.3) is 10.0 Å². The third-order valence-electron chi connectivity index (χ3n) is 2.88. The van der Waals surface area contributed by atoms with Gasteiger partial charge in [0.2, 0.25) is 0 Å². The maximum atomic E-state index is 12.4. The first-order valence-corrected chi connectivity index (χ1v) is 6.96. The number of rotatable bonds is 3. The second kappa shape index (κ2) is 4.54. The van der Waals surface area contributed by atoms with Crippen LogP contribution in [0.3, 0.4) is 0 Å². The van der Waals surface area contributed by atoms with Crippen molar-refractivity contribution in [2.24, 2.45) is 7.05 Å². The highest BCUT2D eigenvalue weighted by Crippen LogP contribution is 2.25. The van der Waals surface area contributed by atoms with Crippen molar-refractivity contribution >= 4 is 21.4 Å². The van der Waals surface area contributed by atoms with Crippen molar-refractivity contribution in [2.75, 3.05) is 17.1 Å². The van der Waals surface area contributed by atoms with Gasteiger partial charge in [-0.3, -0.25) is 9.29 Å². The Hall–Kier alpha value is -2.09. The monoisotopic (exact) mass is 281 g/mol. The Bertz CT molecular complexity index is 688. The molecule has 0 radical (unpaired) electrons. The quantitative estimate of drug-likeness (QED) is 0.885. The Morgan fingerprint density at radius 1 is 1.42 bits per heavy atom. The lowest BCUT2D eigenvalue weighted by Gasteiger charge is -2.19. The molecule has 0 spiro atoms. The molecule has 0 saturated carbocycles. The SMILES string of the molecule is Cc1nc(S(=O)(=O)N(C)c2ccncc2N)cn1C. The van der Waals surface area contributed by atoms with Crippen LogP contribution >= 0.6 is 0 Å². The van der Waals surface area contributed by atoms with Gasteiger partial charge < -0.3 is 10.3 Å². The fraction of sp³-hybridized carbons (Fsp3) is 0.273. The molecule has 7 nitrogen and oxygen atoms in total. The molecule has 102 valence electrons. The van der Waals surface area contributed by atoms with E-state index in [1.54, 1.807) is 24.6 Å². The van der Waals surface area contributed by atoms with E-state index in [0.29, 0.717) is 17.2 Å². The minimum absolute atomic E-state index is 0.00814. The van der Waals surface area contributed by atoms with E-state index >= 15 is 0 Å². The highest BCUT2D eigenvalue weighted by Gasteiger charge is 2.25. The zero-order valence-corrected chi connectivity index (χ0v) is 11.7. The zero-order valence-electron chi connectivity index (χ0n) is 10.9. The van der Waals surface area contributed by atoms with E-state index in [1.807, 2.05) is 0 Å². The number of hydrogen-bond donors (Lipinski definition) is 1. The number of imidazole rings is 1. The number of nitrogen functional groups attached to an aromatic ring is 1. The first kappa shape index (κ1) is 13.3. The summed E-state index contributed by atoms with van der Waals surface area (Å²) in [4.78, 5) is 7.87. The Labute approximate surface area is 111 Å². The van der Waals surface area contributed by atoms with Crippen LogP contribution in [-0.4, -0.2) is 30.0 Å². The first-order valence-electron chi connectivity index (χ1n) is 5.52. The summed E-state index contributed by atoms with van der Waals surface area (Å²) < 4.78 is 27.6. The molecule has 0 fully saturated rings. The molecule has 0 aliphatic rings. The highest BCUT2D eigenvalue weighted by atomic mass is 32.2. The van der Waals surface area contributed by atoms with Crippen LogP contribution in [0.15, 0.2) is 29.7 Å². The Morgan fingerprint density at radius 2 is 2.11 bits per heavy atom. The summed E-state index contributed by atoms with van der Waals surface area (Å²) in [6, 6.07) is 1.54. The van der Waals surface area contributed by atoms with Crippen LogP contribution in [0.1, 0.15) is 5.82 Å². The van der Waals surface area contributed by atoms with Gasteiger partial charge in [-0.2, -0.15) is 8.42 Å². The molecule has 2 rings (SSSR count). The van der Waals surface area contributed by atoms with Gasteiger partial charge in [-0.1, -0.05) is 0 Å². The van der Waals surface area contributed by atoms with Gasteiger partial charge in [-0.05, 0) is 13.0 Å². The summed E-state index contributed by atoms with van der Waals surface area (Å²) in [7, 11) is -0.549. The standard InChI is InChI=1S/C11H15N5O2S/c1-8-14-11(7-15(8)2)19(17,18)16(3)10-4-5-13-6-9(10)12/h4-7H,12H2,1-3H3. The van der Waals surface area contributed by atoms with Crippen molar-refractivity contribution in [1.82, 2.24) is 14.5 Å². The Balaban J connectivity index is 2.48. The van der Waals surface area contributed by atoms with Crippen LogP contribution < -0.4 is 10.0 Å². The fourth-order valence-corrected chi connectivity index (χ4v) is 2.85. The number of aromatic nitrogens is 3. The molecular formula is C11H15N5O2S. The van der Waals surface area contributed by atoms with Crippen LogP contribution in [0.4, 0.5) is 11.4 Å². The molecule has 0 atom stereocenters. The lowest BCUT2D eigenvalue weighted by molar-refractivity contribution is 0.591. The zero-order chi connectivity index (χ0) is 14.2. The molecule has 19 heavy (non-hydrogen) atoms. The normalized spacial score (nSPS) is 11.5. The molecule has 0 aromatic carbocycles. The van der Waals surface area contributed by atoms with Crippen molar-refractivity contribution < 1.29 is 8.42 Å². The van der Waals surface area contributed by atoms with Crippen molar-refractivity contribution in [1.29, 1.82) is 0 Å². The molecule has 2 heterocycles. The summed E-state index contributed by atoms with van der Waals surface area (Å²) in [5, 5.41) is -0.00814. The van der Waals surface area contributed by atoms with E-state index in [4.69, 9.17) is 5.73 Å². The lowest BCUT2D eigenvalue weighted by atomic mass is 10.3. The Morgan fingerprint density at radius 3 is 2.63 bits per heavy atom. The third kappa shape index (κ3) is 2.26. The Kier molecular flexibility index (Phi) is 3.19. The number of nitrogens with two attached hydrogens (primary N) is 1. The summed E-state index contributed by atoms with van der Waals surface area (Å²) in [5.74, 6) is 0.620. The molecule has 0 unspecified atom stereocenters. The van der Waals surface area contributed by atoms with Gasteiger partial charge in [0, 0.05) is 26.5 Å². The van der Waals surface area contributed by atoms with Gasteiger partial charge in [0.15, 0.2) is 5.03 Å². The van der Waals surface area contributed by atoms with Crippen LogP contribution in [0.5, 0.6) is 0 Å². The summed E-state index contributed by atoms with van der Waals surface area (Å²) in [6.07, 6.45) is 4.37. The topological polar surface area (TPSA) is 94.1 Å². The number of hydrogen-bond acceptors (Lipinski definition) is 5. The summed E-state index contributed by atoms with van der Waals surface area (Å²) >= 11 is 0. The van der Waals surface area contributed by atoms with Crippen molar-refractivity contribution in [3.63, 3.8) is 0 Å². The first-order chi connectivity index (χ1) is 8.84. The molecule has 0 bridgehead atoms. The van der Waals surface area contributed by atoms with E-state index in [9.17, 15) is 8.42 Å². The predicted octanol–water partition coefficient (Wildman–Crippen LogP) is 0.531.